The first-order chi connectivity index (χ1) is 14.2. The second kappa shape index (κ2) is 10.2. The molecule has 0 aliphatic heterocycles. The zero-order chi connectivity index (χ0) is 20.5. The van der Waals surface area contributed by atoms with Crippen molar-refractivity contribution < 1.29 is 9.53 Å². The van der Waals surface area contributed by atoms with E-state index in [9.17, 15) is 4.79 Å². The molecule has 2 aromatic carbocycles. The Morgan fingerprint density at radius 2 is 2.00 bits per heavy atom. The van der Waals surface area contributed by atoms with E-state index in [1.807, 2.05) is 18.2 Å². The minimum Gasteiger partial charge on any atom is -0.484 e. The summed E-state index contributed by atoms with van der Waals surface area (Å²) in [5.41, 5.74) is 7.39. The van der Waals surface area contributed by atoms with Crippen LogP contribution >= 0.6 is 0 Å². The molecule has 0 bridgehead atoms. The summed E-state index contributed by atoms with van der Waals surface area (Å²) in [7, 11) is 1.75. The number of aliphatic imine (C=N–C) groups is 1. The van der Waals surface area contributed by atoms with Gasteiger partial charge in [0.25, 0.3) is 5.91 Å². The van der Waals surface area contributed by atoms with Gasteiger partial charge in [-0.15, -0.1) is 0 Å². The highest BCUT2D eigenvalue weighted by Crippen LogP contribution is 2.15. The first kappa shape index (κ1) is 20.3. The molecule has 0 unspecified atom stereocenters. The largest absolute Gasteiger partial charge is 0.484 e. The first-order valence-electron chi connectivity index (χ1n) is 9.64. The number of rotatable bonds is 9. The number of nitrogens with two attached hydrogens (primary N) is 1. The van der Waals surface area contributed by atoms with Crippen LogP contribution in [-0.4, -0.2) is 36.6 Å². The van der Waals surface area contributed by atoms with Gasteiger partial charge in [-0.3, -0.25) is 9.79 Å². The molecular weight excluding hydrogens is 366 g/mol. The van der Waals surface area contributed by atoms with Crippen molar-refractivity contribution in [3.63, 3.8) is 0 Å². The lowest BCUT2D eigenvalue weighted by atomic mass is 10.2. The summed E-state index contributed by atoms with van der Waals surface area (Å²) >= 11 is 0. The number of guanidine groups is 1. The number of carbonyl (C=O) groups excluding carboxylic acids is 1. The molecule has 7 nitrogen and oxygen atoms in total. The molecule has 3 rings (SSSR count). The number of ether oxygens (including phenoxy) is 1. The molecule has 1 aromatic heterocycles. The van der Waals surface area contributed by atoms with Gasteiger partial charge in [0, 0.05) is 38.4 Å². The number of para-hydroxylation sites is 1. The summed E-state index contributed by atoms with van der Waals surface area (Å²) in [6, 6.07) is 18.1. The molecule has 0 spiro atoms. The average Bonchev–Trinajstić information content (AvgIpc) is 3.15. The zero-order valence-corrected chi connectivity index (χ0v) is 16.6. The van der Waals surface area contributed by atoms with Crippen molar-refractivity contribution >= 4 is 22.8 Å². The monoisotopic (exact) mass is 393 g/mol. The third-order valence-electron chi connectivity index (χ3n) is 4.51. The van der Waals surface area contributed by atoms with Crippen molar-refractivity contribution in [2.45, 2.75) is 19.5 Å². The van der Waals surface area contributed by atoms with Gasteiger partial charge in [0.2, 0.25) is 0 Å². The molecule has 29 heavy (non-hydrogen) atoms. The van der Waals surface area contributed by atoms with Gasteiger partial charge in [0.15, 0.2) is 12.6 Å². The normalized spacial score (nSPS) is 11.4. The Balaban J connectivity index is 1.43. The van der Waals surface area contributed by atoms with Crippen molar-refractivity contribution in [2.75, 3.05) is 20.2 Å². The number of nitrogens with zero attached hydrogens (tertiary/aromatic N) is 2. The molecule has 1 heterocycles. The van der Waals surface area contributed by atoms with E-state index in [1.165, 1.54) is 10.9 Å². The standard InChI is InChI=1S/C22H27N5O2/c1-24-22(26-15-17-6-4-8-19(14-17)29-16-21(23)28)25-11-5-12-27-13-10-18-7-2-3-9-20(18)27/h2-4,6-10,13-14H,5,11-12,15-16H2,1H3,(H2,23,28)(H2,24,25,26). The number of primary amides is 1. The molecule has 0 radical (unpaired) electrons. The molecule has 0 aliphatic rings. The molecule has 4 N–H and O–H groups in total. The van der Waals surface area contributed by atoms with Crippen molar-refractivity contribution in [3.05, 3.63) is 66.4 Å². The Morgan fingerprint density at radius 3 is 2.83 bits per heavy atom. The number of benzene rings is 2. The molecule has 7 heteroatoms. The molecule has 0 aliphatic carbocycles. The molecule has 0 fully saturated rings. The number of carbonyl (C=O) groups is 1. The van der Waals surface area contributed by atoms with E-state index >= 15 is 0 Å². The summed E-state index contributed by atoms with van der Waals surface area (Å²) in [6.45, 7) is 2.22. The lowest BCUT2D eigenvalue weighted by Gasteiger charge is -2.13. The SMILES string of the molecule is CN=C(NCCCn1ccc2ccccc21)NCc1cccc(OCC(N)=O)c1. The third kappa shape index (κ3) is 6.00. The molecule has 152 valence electrons. The van der Waals surface area contributed by atoms with Gasteiger partial charge >= 0.3 is 0 Å². The first-order valence-corrected chi connectivity index (χ1v) is 9.64. The topological polar surface area (TPSA) is 93.7 Å². The van der Waals surface area contributed by atoms with Crippen LogP contribution in [0.2, 0.25) is 0 Å². The number of nitrogens with one attached hydrogen (secondary N) is 2. The summed E-state index contributed by atoms with van der Waals surface area (Å²) in [4.78, 5) is 15.1. The van der Waals surface area contributed by atoms with Crippen molar-refractivity contribution in [1.29, 1.82) is 0 Å². The van der Waals surface area contributed by atoms with Crippen LogP contribution in [0.25, 0.3) is 10.9 Å². The predicted octanol–water partition coefficient (Wildman–Crippen LogP) is 2.26. The summed E-state index contributed by atoms with van der Waals surface area (Å²) in [5, 5.41) is 7.89. The van der Waals surface area contributed by atoms with Crippen LogP contribution in [0.4, 0.5) is 0 Å². The number of amides is 1. The van der Waals surface area contributed by atoms with Crippen LogP contribution in [-0.2, 0) is 17.9 Å². The molecule has 0 saturated heterocycles. The number of aromatic nitrogens is 1. The lowest BCUT2D eigenvalue weighted by molar-refractivity contribution is -0.119. The van der Waals surface area contributed by atoms with Crippen LogP contribution in [0.1, 0.15) is 12.0 Å². The highest BCUT2D eigenvalue weighted by molar-refractivity contribution is 5.80. The third-order valence-corrected chi connectivity index (χ3v) is 4.51. The second-order valence-corrected chi connectivity index (χ2v) is 6.68. The Kier molecular flexibility index (Phi) is 7.10. The zero-order valence-electron chi connectivity index (χ0n) is 16.6. The van der Waals surface area contributed by atoms with Gasteiger partial charge in [-0.25, -0.2) is 0 Å². The fourth-order valence-electron chi connectivity index (χ4n) is 3.10. The second-order valence-electron chi connectivity index (χ2n) is 6.68. The predicted molar refractivity (Wildman–Crippen MR) is 116 cm³/mol. The van der Waals surface area contributed by atoms with E-state index in [0.29, 0.717) is 12.3 Å². The smallest absolute Gasteiger partial charge is 0.255 e. The number of fused-ring (bicyclic) bond motifs is 1. The van der Waals surface area contributed by atoms with Crippen LogP contribution in [0, 0.1) is 0 Å². The van der Waals surface area contributed by atoms with Crippen LogP contribution in [0.5, 0.6) is 5.75 Å². The van der Waals surface area contributed by atoms with Crippen LogP contribution < -0.4 is 21.1 Å². The van der Waals surface area contributed by atoms with Gasteiger partial charge in [0.05, 0.1) is 0 Å². The molecule has 0 atom stereocenters. The lowest BCUT2D eigenvalue weighted by Crippen LogP contribution is -2.37. The maximum absolute atomic E-state index is 10.8. The molecule has 0 saturated carbocycles. The average molecular weight is 393 g/mol. The van der Waals surface area contributed by atoms with Gasteiger partial charge < -0.3 is 25.7 Å². The van der Waals surface area contributed by atoms with E-state index < -0.39 is 5.91 Å². The van der Waals surface area contributed by atoms with E-state index in [0.717, 1.165) is 31.0 Å². The Hall–Kier alpha value is -3.48. The van der Waals surface area contributed by atoms with Crippen molar-refractivity contribution in [1.82, 2.24) is 15.2 Å². The summed E-state index contributed by atoms with van der Waals surface area (Å²) in [6.07, 6.45) is 3.11. The Labute approximate surface area is 170 Å². The fourth-order valence-corrected chi connectivity index (χ4v) is 3.10. The minimum atomic E-state index is -0.494. The van der Waals surface area contributed by atoms with Gasteiger partial charge in [0.1, 0.15) is 5.75 Å². The van der Waals surface area contributed by atoms with Gasteiger partial charge in [-0.05, 0) is 41.6 Å². The summed E-state index contributed by atoms with van der Waals surface area (Å²) in [5.74, 6) is 0.863. The van der Waals surface area contributed by atoms with Gasteiger partial charge in [-0.1, -0.05) is 30.3 Å². The molecule has 1 amide bonds. The van der Waals surface area contributed by atoms with Crippen LogP contribution in [0.15, 0.2) is 65.8 Å². The van der Waals surface area contributed by atoms with E-state index in [2.05, 4.69) is 56.7 Å². The van der Waals surface area contributed by atoms with E-state index in [4.69, 9.17) is 10.5 Å². The number of hydrogen-bond donors (Lipinski definition) is 3. The van der Waals surface area contributed by atoms with E-state index in [1.54, 1.807) is 13.1 Å². The molecule has 3 aromatic rings. The molecular formula is C22H27N5O2. The van der Waals surface area contributed by atoms with Crippen molar-refractivity contribution in [2.24, 2.45) is 10.7 Å². The Bertz CT molecular complexity index is 980. The minimum absolute atomic E-state index is 0.128. The summed E-state index contributed by atoms with van der Waals surface area (Å²) < 4.78 is 7.60. The Morgan fingerprint density at radius 1 is 1.14 bits per heavy atom. The maximum Gasteiger partial charge on any atom is 0.255 e. The maximum atomic E-state index is 10.8. The highest BCUT2D eigenvalue weighted by atomic mass is 16.5. The van der Waals surface area contributed by atoms with Crippen LogP contribution in [0.3, 0.4) is 0 Å². The fraction of sp³-hybridized carbons (Fsp3) is 0.273. The van der Waals surface area contributed by atoms with Gasteiger partial charge in [-0.2, -0.15) is 0 Å². The van der Waals surface area contributed by atoms with Crippen molar-refractivity contribution in [3.8, 4) is 5.75 Å². The van der Waals surface area contributed by atoms with E-state index in [-0.39, 0.29) is 6.61 Å². The highest BCUT2D eigenvalue weighted by Gasteiger charge is 2.03. The number of aryl methyl sites for hydroxylation is 1. The quantitative estimate of drug-likeness (QED) is 0.295. The number of hydrogen-bond acceptors (Lipinski definition) is 3.